The third-order valence-electron chi connectivity index (χ3n) is 2.52. The van der Waals surface area contributed by atoms with E-state index in [1.54, 1.807) is 18.3 Å². The lowest BCUT2D eigenvalue weighted by Crippen LogP contribution is -2.08. The van der Waals surface area contributed by atoms with Gasteiger partial charge in [-0.25, -0.2) is 14.8 Å². The monoisotopic (exact) mass is 274 g/mol. The summed E-state index contributed by atoms with van der Waals surface area (Å²) in [4.78, 5) is 19.8. The number of aromatic nitrogens is 2. The molecule has 2 heterocycles. The fourth-order valence-corrected chi connectivity index (χ4v) is 1.56. The summed E-state index contributed by atoms with van der Waals surface area (Å²) in [5.41, 5.74) is 6.92. The number of esters is 1. The molecule has 7 nitrogen and oxygen atoms in total. The summed E-state index contributed by atoms with van der Waals surface area (Å²) in [6.45, 7) is 0. The second-order valence-corrected chi connectivity index (χ2v) is 3.87. The van der Waals surface area contributed by atoms with Crippen molar-refractivity contribution in [1.29, 1.82) is 0 Å². The van der Waals surface area contributed by atoms with Crippen molar-refractivity contribution in [3.05, 3.63) is 36.2 Å². The topological polar surface area (TPSA) is 99.4 Å². The zero-order valence-corrected chi connectivity index (χ0v) is 11.1. The molecule has 104 valence electrons. The van der Waals surface area contributed by atoms with Gasteiger partial charge in [0.2, 0.25) is 5.88 Å². The van der Waals surface area contributed by atoms with Crippen molar-refractivity contribution in [3.63, 3.8) is 0 Å². The van der Waals surface area contributed by atoms with Crippen molar-refractivity contribution < 1.29 is 14.3 Å². The highest BCUT2D eigenvalue weighted by molar-refractivity contribution is 5.96. The smallest absolute Gasteiger partial charge is 0.341 e. The highest BCUT2D eigenvalue weighted by Crippen LogP contribution is 2.21. The number of carbonyl (C=O) groups excluding carboxylic acids is 1. The zero-order chi connectivity index (χ0) is 14.5. The second-order valence-electron chi connectivity index (χ2n) is 3.87. The lowest BCUT2D eigenvalue weighted by Gasteiger charge is -2.10. The normalized spacial score (nSPS) is 9.90. The van der Waals surface area contributed by atoms with Crippen molar-refractivity contribution >= 4 is 23.2 Å². The van der Waals surface area contributed by atoms with E-state index in [1.165, 1.54) is 26.5 Å². The van der Waals surface area contributed by atoms with Crippen LogP contribution in [0.1, 0.15) is 10.4 Å². The molecule has 0 atom stereocenters. The van der Waals surface area contributed by atoms with Crippen LogP contribution in [0.3, 0.4) is 0 Å². The number of methoxy groups -OCH3 is 2. The van der Waals surface area contributed by atoms with E-state index in [2.05, 4.69) is 15.3 Å². The minimum Gasteiger partial charge on any atom is -0.481 e. The van der Waals surface area contributed by atoms with E-state index in [0.29, 0.717) is 23.1 Å². The molecule has 0 saturated heterocycles. The molecule has 0 aliphatic carbocycles. The molecule has 0 unspecified atom stereocenters. The fraction of sp³-hybridized carbons (Fsp3) is 0.154. The first kappa shape index (κ1) is 13.6. The summed E-state index contributed by atoms with van der Waals surface area (Å²) in [5, 5.41) is 2.98. The van der Waals surface area contributed by atoms with E-state index in [-0.39, 0.29) is 5.56 Å². The van der Waals surface area contributed by atoms with Gasteiger partial charge in [0.15, 0.2) is 0 Å². The van der Waals surface area contributed by atoms with Gasteiger partial charge in [-0.3, -0.25) is 0 Å². The predicted molar refractivity (Wildman–Crippen MR) is 74.1 cm³/mol. The minimum absolute atomic E-state index is 0.253. The maximum atomic E-state index is 11.7. The summed E-state index contributed by atoms with van der Waals surface area (Å²) < 4.78 is 9.67. The summed E-state index contributed by atoms with van der Waals surface area (Å²) in [6.07, 6.45) is 3.02. The van der Waals surface area contributed by atoms with Crippen molar-refractivity contribution in [2.24, 2.45) is 0 Å². The Morgan fingerprint density at radius 2 is 2.05 bits per heavy atom. The van der Waals surface area contributed by atoms with Crippen LogP contribution in [0.5, 0.6) is 5.88 Å². The lowest BCUT2D eigenvalue weighted by molar-refractivity contribution is 0.0601. The van der Waals surface area contributed by atoms with Gasteiger partial charge in [0.1, 0.15) is 11.4 Å². The molecular weight excluding hydrogens is 260 g/mol. The highest BCUT2D eigenvalue weighted by Gasteiger charge is 2.14. The summed E-state index contributed by atoms with van der Waals surface area (Å²) in [5.74, 6) is 0.320. The van der Waals surface area contributed by atoms with Gasteiger partial charge in [0, 0.05) is 6.07 Å². The van der Waals surface area contributed by atoms with Crippen LogP contribution < -0.4 is 15.8 Å². The average Bonchev–Trinajstić information content (AvgIpc) is 2.49. The molecule has 0 spiro atoms. The number of carbonyl (C=O) groups is 1. The molecule has 0 aliphatic heterocycles. The van der Waals surface area contributed by atoms with Gasteiger partial charge in [0.25, 0.3) is 0 Å². The predicted octanol–water partition coefficient (Wildman–Crippen LogP) is 1.60. The van der Waals surface area contributed by atoms with Crippen molar-refractivity contribution in [1.82, 2.24) is 9.97 Å². The van der Waals surface area contributed by atoms with Crippen LogP contribution in [0.15, 0.2) is 30.6 Å². The molecule has 0 fully saturated rings. The fourth-order valence-electron chi connectivity index (χ4n) is 1.56. The number of pyridine rings is 2. The third kappa shape index (κ3) is 2.94. The van der Waals surface area contributed by atoms with E-state index in [1.807, 2.05) is 0 Å². The number of anilines is 3. The number of hydrogen-bond acceptors (Lipinski definition) is 7. The van der Waals surface area contributed by atoms with Gasteiger partial charge in [-0.1, -0.05) is 0 Å². The molecule has 0 aromatic carbocycles. The Balaban J connectivity index is 2.30. The Morgan fingerprint density at radius 3 is 2.65 bits per heavy atom. The van der Waals surface area contributed by atoms with E-state index in [0.717, 1.165) is 0 Å². The summed E-state index contributed by atoms with van der Waals surface area (Å²) >= 11 is 0. The maximum Gasteiger partial charge on any atom is 0.341 e. The SMILES string of the molecule is COC(=O)c1cc(N)cnc1Nc1ccc(OC)nc1. The van der Waals surface area contributed by atoms with E-state index in [4.69, 9.17) is 15.2 Å². The molecule has 0 bridgehead atoms. The number of nitrogens with two attached hydrogens (primary N) is 1. The van der Waals surface area contributed by atoms with E-state index >= 15 is 0 Å². The van der Waals surface area contributed by atoms with Gasteiger partial charge >= 0.3 is 5.97 Å². The van der Waals surface area contributed by atoms with Crippen LogP contribution >= 0.6 is 0 Å². The molecule has 3 N–H and O–H groups in total. The first-order valence-electron chi connectivity index (χ1n) is 5.75. The molecule has 0 saturated carbocycles. The molecule has 0 aliphatic rings. The Labute approximate surface area is 115 Å². The largest absolute Gasteiger partial charge is 0.481 e. The van der Waals surface area contributed by atoms with E-state index < -0.39 is 5.97 Å². The van der Waals surface area contributed by atoms with Crippen molar-refractivity contribution in [3.8, 4) is 5.88 Å². The number of nitrogens with zero attached hydrogens (tertiary/aromatic N) is 2. The number of ether oxygens (including phenoxy) is 2. The molecule has 2 aromatic rings. The van der Waals surface area contributed by atoms with Gasteiger partial charge < -0.3 is 20.5 Å². The maximum absolute atomic E-state index is 11.7. The standard InChI is InChI=1S/C13H14N4O3/c1-19-11-4-3-9(7-15-11)17-12-10(13(18)20-2)5-8(14)6-16-12/h3-7H,14H2,1-2H3,(H,16,17). The van der Waals surface area contributed by atoms with Crippen LogP contribution in [-0.2, 0) is 4.74 Å². The first-order valence-corrected chi connectivity index (χ1v) is 5.75. The number of nitrogen functional groups attached to an aromatic ring is 1. The van der Waals surface area contributed by atoms with Crippen LogP contribution in [0.4, 0.5) is 17.2 Å². The molecule has 2 rings (SSSR count). The lowest BCUT2D eigenvalue weighted by atomic mass is 10.2. The summed E-state index contributed by atoms with van der Waals surface area (Å²) in [7, 11) is 2.83. The van der Waals surface area contributed by atoms with Crippen LogP contribution in [0.2, 0.25) is 0 Å². The Morgan fingerprint density at radius 1 is 1.25 bits per heavy atom. The molecular formula is C13H14N4O3. The number of rotatable bonds is 4. The van der Waals surface area contributed by atoms with Crippen molar-refractivity contribution in [2.75, 3.05) is 25.3 Å². The molecule has 7 heteroatoms. The molecule has 2 aromatic heterocycles. The number of nitrogens with one attached hydrogen (secondary N) is 1. The Bertz CT molecular complexity index is 614. The molecule has 20 heavy (non-hydrogen) atoms. The molecule has 0 radical (unpaired) electrons. The first-order chi connectivity index (χ1) is 9.63. The van der Waals surface area contributed by atoms with Crippen LogP contribution in [0, 0.1) is 0 Å². The van der Waals surface area contributed by atoms with Gasteiger partial charge in [-0.05, 0) is 12.1 Å². The van der Waals surface area contributed by atoms with Crippen LogP contribution in [-0.4, -0.2) is 30.2 Å². The van der Waals surface area contributed by atoms with E-state index in [9.17, 15) is 4.79 Å². The van der Waals surface area contributed by atoms with Gasteiger partial charge in [-0.2, -0.15) is 0 Å². The van der Waals surface area contributed by atoms with Gasteiger partial charge in [-0.15, -0.1) is 0 Å². The number of hydrogen-bond donors (Lipinski definition) is 2. The minimum atomic E-state index is -0.520. The quantitative estimate of drug-likeness (QED) is 0.817. The highest BCUT2D eigenvalue weighted by atomic mass is 16.5. The average molecular weight is 274 g/mol. The van der Waals surface area contributed by atoms with Crippen molar-refractivity contribution in [2.45, 2.75) is 0 Å². The van der Waals surface area contributed by atoms with Gasteiger partial charge in [0.05, 0.1) is 38.0 Å². The second kappa shape index (κ2) is 5.87. The zero-order valence-electron chi connectivity index (χ0n) is 11.1. The molecule has 0 amide bonds. The van der Waals surface area contributed by atoms with Crippen LogP contribution in [0.25, 0.3) is 0 Å². The summed E-state index contributed by atoms with van der Waals surface area (Å²) in [6, 6.07) is 4.94. The Kier molecular flexibility index (Phi) is 3.99. The third-order valence-corrected chi connectivity index (χ3v) is 2.52. The Hall–Kier alpha value is -2.83.